The van der Waals surface area contributed by atoms with Crippen LogP contribution < -0.4 is 21.4 Å². The molecule has 0 aliphatic heterocycles. The third-order valence-electron chi connectivity index (χ3n) is 3.39. The molecule has 27 heavy (non-hydrogen) atoms. The molecule has 144 valence electrons. The zero-order valence-electron chi connectivity index (χ0n) is 15.3. The number of carbonyl (C=O) groups excluding carboxylic acids is 1. The normalized spacial score (nSPS) is 10.9. The van der Waals surface area contributed by atoms with Gasteiger partial charge in [-0.2, -0.15) is 10.2 Å². The number of ether oxygens (including phenoxy) is 1. The number of aryl methyl sites for hydroxylation is 1. The Hall–Kier alpha value is -2.88. The van der Waals surface area contributed by atoms with E-state index in [4.69, 9.17) is 4.74 Å². The molecule has 0 saturated heterocycles. The third kappa shape index (κ3) is 5.81. The van der Waals surface area contributed by atoms with E-state index in [9.17, 15) is 14.4 Å². The molecule has 10 heteroatoms. The molecule has 1 aromatic carbocycles. The molecule has 1 N–H and O–H groups in total. The number of aromatic nitrogens is 3. The van der Waals surface area contributed by atoms with Gasteiger partial charge < -0.3 is 4.74 Å². The van der Waals surface area contributed by atoms with E-state index in [0.717, 1.165) is 38.7 Å². The van der Waals surface area contributed by atoms with Crippen LogP contribution in [0.15, 0.2) is 44.0 Å². The summed E-state index contributed by atoms with van der Waals surface area (Å²) >= 11 is 0.941. The molecule has 0 spiro atoms. The van der Waals surface area contributed by atoms with E-state index in [1.54, 1.807) is 0 Å². The number of nitrogens with one attached hydrogen (secondary N) is 1. The van der Waals surface area contributed by atoms with Gasteiger partial charge in [0.15, 0.2) is 5.03 Å². The first-order valence-corrected chi connectivity index (χ1v) is 9.22. The van der Waals surface area contributed by atoms with Crippen molar-refractivity contribution < 1.29 is 9.53 Å². The van der Waals surface area contributed by atoms with Crippen LogP contribution >= 0.6 is 11.8 Å². The molecule has 0 aliphatic rings. The van der Waals surface area contributed by atoms with Crippen molar-refractivity contribution in [1.82, 2.24) is 19.8 Å². The smallest absolute Gasteiger partial charge is 0.346 e. The van der Waals surface area contributed by atoms with Crippen LogP contribution in [0.3, 0.4) is 0 Å². The van der Waals surface area contributed by atoms with E-state index < -0.39 is 17.2 Å². The maximum absolute atomic E-state index is 11.9. The summed E-state index contributed by atoms with van der Waals surface area (Å²) in [6.07, 6.45) is 2.45. The number of hydrogen-bond donors (Lipinski definition) is 1. The second kappa shape index (κ2) is 9.72. The summed E-state index contributed by atoms with van der Waals surface area (Å²) < 4.78 is 7.48. The van der Waals surface area contributed by atoms with Gasteiger partial charge in [0.05, 0.1) is 18.6 Å². The van der Waals surface area contributed by atoms with E-state index in [2.05, 4.69) is 15.6 Å². The number of carbonyl (C=O) groups is 1. The van der Waals surface area contributed by atoms with Crippen molar-refractivity contribution in [3.05, 3.63) is 50.7 Å². The zero-order valence-corrected chi connectivity index (χ0v) is 16.2. The molecule has 9 nitrogen and oxygen atoms in total. The predicted octanol–water partition coefficient (Wildman–Crippen LogP) is 0.510. The number of hydrazone groups is 1. The van der Waals surface area contributed by atoms with E-state index in [-0.39, 0.29) is 10.8 Å². The van der Waals surface area contributed by atoms with Crippen LogP contribution in [0.4, 0.5) is 0 Å². The fraction of sp³-hybridized carbons (Fsp3) is 0.353. The molecule has 0 bridgehead atoms. The topological polar surface area (TPSA) is 108 Å². The molecule has 2 aromatic rings. The maximum Gasteiger partial charge on any atom is 0.346 e. The van der Waals surface area contributed by atoms with Crippen LogP contribution in [-0.4, -0.2) is 38.8 Å². The number of nitrogens with zero attached hydrogens (tertiary/aromatic N) is 4. The second-order valence-corrected chi connectivity index (χ2v) is 6.54. The Balaban J connectivity index is 1.87. The van der Waals surface area contributed by atoms with E-state index in [0.29, 0.717) is 6.61 Å². The van der Waals surface area contributed by atoms with Crippen molar-refractivity contribution >= 4 is 23.9 Å². The van der Waals surface area contributed by atoms with Gasteiger partial charge in [-0.05, 0) is 36.2 Å². The molecule has 1 amide bonds. The lowest BCUT2D eigenvalue weighted by Gasteiger charge is -2.05. The van der Waals surface area contributed by atoms with Gasteiger partial charge in [-0.25, -0.2) is 14.9 Å². The van der Waals surface area contributed by atoms with Gasteiger partial charge >= 0.3 is 5.69 Å². The minimum absolute atomic E-state index is 0.0540. The molecule has 0 unspecified atom stereocenters. The quantitative estimate of drug-likeness (QED) is 0.399. The van der Waals surface area contributed by atoms with E-state index in [1.165, 1.54) is 20.3 Å². The summed E-state index contributed by atoms with van der Waals surface area (Å²) in [4.78, 5) is 35.4. The van der Waals surface area contributed by atoms with Crippen LogP contribution in [-0.2, 0) is 18.9 Å². The summed E-state index contributed by atoms with van der Waals surface area (Å²) in [6.45, 7) is 2.70. The van der Waals surface area contributed by atoms with Crippen LogP contribution in [0, 0.1) is 0 Å². The molecule has 0 radical (unpaired) electrons. The lowest BCUT2D eigenvalue weighted by atomic mass is 10.2. The molecule has 0 saturated carbocycles. The highest BCUT2D eigenvalue weighted by atomic mass is 32.2. The van der Waals surface area contributed by atoms with Crippen molar-refractivity contribution in [2.24, 2.45) is 19.2 Å². The van der Waals surface area contributed by atoms with Crippen molar-refractivity contribution in [2.45, 2.75) is 18.4 Å². The Morgan fingerprint density at radius 3 is 2.67 bits per heavy atom. The van der Waals surface area contributed by atoms with Gasteiger partial charge in [0.2, 0.25) is 5.91 Å². The Bertz CT molecular complexity index is 934. The highest BCUT2D eigenvalue weighted by Crippen LogP contribution is 2.11. The minimum atomic E-state index is -0.537. The number of hydrogen-bond acceptors (Lipinski definition) is 7. The first-order chi connectivity index (χ1) is 12.9. The first kappa shape index (κ1) is 20.4. The molecule has 0 atom stereocenters. The summed E-state index contributed by atoms with van der Waals surface area (Å²) in [5.41, 5.74) is 2.13. The van der Waals surface area contributed by atoms with Crippen LogP contribution in [0.5, 0.6) is 5.75 Å². The van der Waals surface area contributed by atoms with Crippen molar-refractivity contribution in [3.63, 3.8) is 0 Å². The highest BCUT2D eigenvalue weighted by Gasteiger charge is 2.11. The molecule has 0 aliphatic carbocycles. The SMILES string of the molecule is CCCOc1ccc(/C=N\NC(=O)CSc2nn(C)c(=O)n(C)c2=O)cc1. The highest BCUT2D eigenvalue weighted by molar-refractivity contribution is 7.99. The standard InChI is InChI=1S/C17H21N5O4S/c1-4-9-26-13-7-5-12(6-8-13)10-18-19-14(23)11-27-15-16(24)21(2)17(25)22(3)20-15/h5-8,10H,4,9,11H2,1-3H3,(H,19,23)/b18-10-. The van der Waals surface area contributed by atoms with Crippen LogP contribution in [0.25, 0.3) is 0 Å². The van der Waals surface area contributed by atoms with Gasteiger partial charge in [0, 0.05) is 14.1 Å². The Kier molecular flexibility index (Phi) is 7.35. The molecular formula is C17H21N5O4S. The van der Waals surface area contributed by atoms with E-state index >= 15 is 0 Å². The van der Waals surface area contributed by atoms with Crippen LogP contribution in [0.1, 0.15) is 18.9 Å². The Morgan fingerprint density at radius 1 is 1.30 bits per heavy atom. The van der Waals surface area contributed by atoms with Crippen molar-refractivity contribution in [1.29, 1.82) is 0 Å². The second-order valence-electron chi connectivity index (χ2n) is 5.57. The zero-order chi connectivity index (χ0) is 19.8. The Morgan fingerprint density at radius 2 is 2.00 bits per heavy atom. The molecule has 1 aromatic heterocycles. The summed E-state index contributed by atoms with van der Waals surface area (Å²) in [7, 11) is 2.80. The average molecular weight is 391 g/mol. The summed E-state index contributed by atoms with van der Waals surface area (Å²) in [5.74, 6) is 0.333. The monoisotopic (exact) mass is 391 g/mol. The minimum Gasteiger partial charge on any atom is -0.494 e. The fourth-order valence-corrected chi connectivity index (χ4v) is 2.75. The van der Waals surface area contributed by atoms with Crippen molar-refractivity contribution in [3.8, 4) is 5.75 Å². The number of rotatable bonds is 8. The van der Waals surface area contributed by atoms with Gasteiger partial charge in [-0.3, -0.25) is 14.2 Å². The van der Waals surface area contributed by atoms with Crippen molar-refractivity contribution in [2.75, 3.05) is 12.4 Å². The van der Waals surface area contributed by atoms with Crippen LogP contribution in [0.2, 0.25) is 0 Å². The summed E-state index contributed by atoms with van der Waals surface area (Å²) in [5, 5.41) is 7.82. The summed E-state index contributed by atoms with van der Waals surface area (Å²) in [6, 6.07) is 7.31. The third-order valence-corrected chi connectivity index (χ3v) is 4.32. The van der Waals surface area contributed by atoms with Gasteiger partial charge in [-0.1, -0.05) is 18.7 Å². The Labute approximate surface area is 160 Å². The number of benzene rings is 1. The molecule has 2 rings (SSSR count). The fourth-order valence-electron chi connectivity index (χ4n) is 1.97. The predicted molar refractivity (Wildman–Crippen MR) is 103 cm³/mol. The number of amides is 1. The van der Waals surface area contributed by atoms with Gasteiger partial charge in [0.1, 0.15) is 5.75 Å². The molecular weight excluding hydrogens is 370 g/mol. The lowest BCUT2D eigenvalue weighted by molar-refractivity contribution is -0.118. The molecule has 1 heterocycles. The van der Waals surface area contributed by atoms with Gasteiger partial charge in [0.25, 0.3) is 5.56 Å². The van der Waals surface area contributed by atoms with E-state index in [1.807, 2.05) is 31.2 Å². The maximum atomic E-state index is 11.9. The number of thioether (sulfide) groups is 1. The average Bonchev–Trinajstić information content (AvgIpc) is 2.67. The lowest BCUT2D eigenvalue weighted by Crippen LogP contribution is -2.39. The largest absolute Gasteiger partial charge is 0.494 e. The molecule has 0 fully saturated rings. The van der Waals surface area contributed by atoms with Gasteiger partial charge in [-0.15, -0.1) is 0 Å². The first-order valence-electron chi connectivity index (χ1n) is 8.24.